The summed E-state index contributed by atoms with van der Waals surface area (Å²) in [5, 5.41) is 0. The number of allylic oxidation sites excluding steroid dienone is 1. The van der Waals surface area contributed by atoms with Crippen molar-refractivity contribution in [3.05, 3.63) is 42.5 Å². The van der Waals surface area contributed by atoms with E-state index in [0.717, 1.165) is 5.56 Å². The highest BCUT2D eigenvalue weighted by atomic mass is 16.5. The molecule has 67 valence electrons. The van der Waals surface area contributed by atoms with Crippen molar-refractivity contribution < 1.29 is 9.53 Å². The number of ether oxygens (including phenoxy) is 1. The van der Waals surface area contributed by atoms with Gasteiger partial charge in [0.25, 0.3) is 0 Å². The van der Waals surface area contributed by atoms with Crippen LogP contribution in [0.2, 0.25) is 0 Å². The van der Waals surface area contributed by atoms with Crippen LogP contribution >= 0.6 is 0 Å². The largest absolute Gasteiger partial charge is 0.431 e. The number of para-hydroxylation sites is 1. The molecule has 0 fully saturated rings. The van der Waals surface area contributed by atoms with Crippen LogP contribution in [0.25, 0.3) is 0 Å². The van der Waals surface area contributed by atoms with Crippen LogP contribution in [0, 0.1) is 0 Å². The van der Waals surface area contributed by atoms with E-state index < -0.39 is 6.09 Å². The molecule has 1 aromatic carbocycles. The second-order valence-corrected chi connectivity index (χ2v) is 2.49. The SMILES string of the molecule is C=CCc1ccccc1OC([NH])=O. The van der Waals surface area contributed by atoms with Crippen molar-refractivity contribution in [3.8, 4) is 5.75 Å². The molecule has 0 atom stereocenters. The van der Waals surface area contributed by atoms with Crippen LogP contribution < -0.4 is 10.5 Å². The third-order valence-corrected chi connectivity index (χ3v) is 1.54. The number of carbonyl (C=O) groups excluding carboxylic acids is 1. The molecular formula is C10H10NO2. The van der Waals surface area contributed by atoms with Gasteiger partial charge in [0, 0.05) is 0 Å². The molecule has 1 rings (SSSR count). The molecule has 1 radical (unpaired) electrons. The lowest BCUT2D eigenvalue weighted by atomic mass is 10.1. The standard InChI is InChI=1S/C10H10NO2/c1-2-5-8-6-3-4-7-9(8)13-10(11)12/h2-4,6-7,11H,1,5H2. The molecule has 0 aliphatic rings. The van der Waals surface area contributed by atoms with E-state index in [9.17, 15) is 4.79 Å². The van der Waals surface area contributed by atoms with Crippen molar-refractivity contribution in [3.63, 3.8) is 0 Å². The summed E-state index contributed by atoms with van der Waals surface area (Å²) in [4.78, 5) is 10.4. The molecule has 0 aliphatic heterocycles. The van der Waals surface area contributed by atoms with Crippen LogP contribution in [-0.4, -0.2) is 6.09 Å². The van der Waals surface area contributed by atoms with Crippen LogP contribution in [-0.2, 0) is 6.42 Å². The number of benzene rings is 1. The molecule has 0 spiro atoms. The third kappa shape index (κ3) is 2.63. The minimum absolute atomic E-state index is 0.433. The molecule has 1 N–H and O–H groups in total. The van der Waals surface area contributed by atoms with E-state index in [-0.39, 0.29) is 0 Å². The molecule has 0 saturated carbocycles. The predicted molar refractivity (Wildman–Crippen MR) is 49.5 cm³/mol. The Morgan fingerprint density at radius 1 is 1.54 bits per heavy atom. The Balaban J connectivity index is 2.90. The van der Waals surface area contributed by atoms with E-state index in [0.29, 0.717) is 12.2 Å². The normalized spacial score (nSPS) is 9.23. The van der Waals surface area contributed by atoms with Crippen LogP contribution in [0.15, 0.2) is 36.9 Å². The summed E-state index contributed by atoms with van der Waals surface area (Å²) < 4.78 is 4.68. The molecule has 0 aliphatic carbocycles. The summed E-state index contributed by atoms with van der Waals surface area (Å²) >= 11 is 0. The Labute approximate surface area is 76.8 Å². The van der Waals surface area contributed by atoms with E-state index in [4.69, 9.17) is 5.73 Å². The maximum atomic E-state index is 10.4. The molecule has 3 heteroatoms. The number of hydrogen-bond acceptors (Lipinski definition) is 2. The van der Waals surface area contributed by atoms with E-state index >= 15 is 0 Å². The number of amides is 1. The summed E-state index contributed by atoms with van der Waals surface area (Å²) in [5.41, 5.74) is 7.52. The molecule has 0 unspecified atom stereocenters. The fourth-order valence-electron chi connectivity index (χ4n) is 1.03. The summed E-state index contributed by atoms with van der Waals surface area (Å²) in [7, 11) is 0. The Hall–Kier alpha value is -1.77. The average molecular weight is 176 g/mol. The van der Waals surface area contributed by atoms with Crippen molar-refractivity contribution >= 4 is 6.09 Å². The number of nitrogens with one attached hydrogen (secondary N) is 1. The lowest BCUT2D eigenvalue weighted by Crippen LogP contribution is -2.06. The first-order valence-electron chi connectivity index (χ1n) is 3.86. The lowest BCUT2D eigenvalue weighted by molar-refractivity contribution is 0.209. The smallest absolute Gasteiger partial charge is 0.409 e. The first-order valence-corrected chi connectivity index (χ1v) is 3.86. The van der Waals surface area contributed by atoms with Crippen molar-refractivity contribution in [2.45, 2.75) is 6.42 Å². The quantitative estimate of drug-likeness (QED) is 0.663. The molecule has 0 saturated heterocycles. The highest BCUT2D eigenvalue weighted by Crippen LogP contribution is 2.18. The van der Waals surface area contributed by atoms with Gasteiger partial charge in [-0.25, -0.2) is 10.5 Å². The zero-order valence-corrected chi connectivity index (χ0v) is 7.12. The van der Waals surface area contributed by atoms with Gasteiger partial charge in [-0.3, -0.25) is 0 Å². The zero-order valence-electron chi connectivity index (χ0n) is 7.12. The van der Waals surface area contributed by atoms with Gasteiger partial charge in [0.05, 0.1) is 0 Å². The lowest BCUT2D eigenvalue weighted by Gasteiger charge is -2.04. The molecular weight excluding hydrogens is 166 g/mol. The first kappa shape index (κ1) is 9.32. The maximum absolute atomic E-state index is 10.4. The summed E-state index contributed by atoms with van der Waals surface area (Å²) in [5.74, 6) is 0.433. The van der Waals surface area contributed by atoms with Crippen molar-refractivity contribution in [2.75, 3.05) is 0 Å². The average Bonchev–Trinajstić information content (AvgIpc) is 2.08. The maximum Gasteiger partial charge on any atom is 0.431 e. The third-order valence-electron chi connectivity index (χ3n) is 1.54. The Morgan fingerprint density at radius 3 is 2.85 bits per heavy atom. The fourth-order valence-corrected chi connectivity index (χ4v) is 1.03. The Kier molecular flexibility index (Phi) is 3.09. The van der Waals surface area contributed by atoms with Gasteiger partial charge < -0.3 is 4.74 Å². The number of hydrogen-bond donors (Lipinski definition) is 0. The predicted octanol–water partition coefficient (Wildman–Crippen LogP) is 2.20. The van der Waals surface area contributed by atoms with Crippen molar-refractivity contribution in [1.82, 2.24) is 5.73 Å². The second kappa shape index (κ2) is 4.30. The highest BCUT2D eigenvalue weighted by molar-refractivity contribution is 5.67. The van der Waals surface area contributed by atoms with Crippen molar-refractivity contribution in [1.29, 1.82) is 0 Å². The van der Waals surface area contributed by atoms with Gasteiger partial charge in [0.2, 0.25) is 0 Å². The van der Waals surface area contributed by atoms with Crippen molar-refractivity contribution in [2.24, 2.45) is 0 Å². The van der Waals surface area contributed by atoms with Gasteiger partial charge in [-0.05, 0) is 18.1 Å². The monoisotopic (exact) mass is 176 g/mol. The van der Waals surface area contributed by atoms with Gasteiger partial charge in [-0.2, -0.15) is 0 Å². The summed E-state index contributed by atoms with van der Waals surface area (Å²) in [6, 6.07) is 7.09. The minimum Gasteiger partial charge on any atom is -0.409 e. The highest BCUT2D eigenvalue weighted by Gasteiger charge is 2.03. The van der Waals surface area contributed by atoms with Gasteiger partial charge in [-0.15, -0.1) is 6.58 Å². The fraction of sp³-hybridized carbons (Fsp3) is 0.100. The van der Waals surface area contributed by atoms with Crippen LogP contribution in [0.3, 0.4) is 0 Å². The van der Waals surface area contributed by atoms with Gasteiger partial charge in [-0.1, -0.05) is 24.3 Å². The van der Waals surface area contributed by atoms with Crippen LogP contribution in [0.5, 0.6) is 5.75 Å². The Morgan fingerprint density at radius 2 is 2.23 bits per heavy atom. The molecule has 1 aromatic rings. The molecule has 3 nitrogen and oxygen atoms in total. The zero-order chi connectivity index (χ0) is 9.68. The molecule has 0 bridgehead atoms. The summed E-state index contributed by atoms with van der Waals surface area (Å²) in [6.07, 6.45) is 1.30. The van der Waals surface area contributed by atoms with E-state index in [2.05, 4.69) is 11.3 Å². The summed E-state index contributed by atoms with van der Waals surface area (Å²) in [6.45, 7) is 3.59. The van der Waals surface area contributed by atoms with Gasteiger partial charge in [0.15, 0.2) is 0 Å². The van der Waals surface area contributed by atoms with E-state index in [1.54, 1.807) is 18.2 Å². The first-order chi connectivity index (χ1) is 6.24. The molecule has 0 aromatic heterocycles. The minimum atomic E-state index is -1.04. The second-order valence-electron chi connectivity index (χ2n) is 2.49. The van der Waals surface area contributed by atoms with Crippen LogP contribution in [0.1, 0.15) is 5.56 Å². The van der Waals surface area contributed by atoms with E-state index in [1.165, 1.54) is 0 Å². The van der Waals surface area contributed by atoms with Crippen LogP contribution in [0.4, 0.5) is 4.79 Å². The van der Waals surface area contributed by atoms with Gasteiger partial charge >= 0.3 is 6.09 Å². The number of rotatable bonds is 3. The molecule has 13 heavy (non-hydrogen) atoms. The number of carbonyl (C=O) groups is 1. The topological polar surface area (TPSA) is 50.1 Å². The Bertz CT molecular complexity index is 320. The van der Waals surface area contributed by atoms with Gasteiger partial charge in [0.1, 0.15) is 5.75 Å². The molecule has 1 amide bonds. The van der Waals surface area contributed by atoms with E-state index in [1.807, 2.05) is 12.1 Å². The molecule has 0 heterocycles.